The fourth-order valence-electron chi connectivity index (χ4n) is 0.870. The third kappa shape index (κ3) is 2.38. The molecule has 1 aromatic carbocycles. The molecule has 1 rings (SSSR count). The smallest absolute Gasteiger partial charge is 0.134 e. The van der Waals surface area contributed by atoms with Gasteiger partial charge in [0, 0.05) is 0 Å². The zero-order valence-electron chi connectivity index (χ0n) is 7.01. The van der Waals surface area contributed by atoms with Crippen LogP contribution < -0.4 is 4.74 Å². The second kappa shape index (κ2) is 4.31. The topological polar surface area (TPSA) is 9.23 Å². The second-order valence-electron chi connectivity index (χ2n) is 2.53. The Balaban J connectivity index is 2.82. The molecule has 12 heavy (non-hydrogen) atoms. The van der Waals surface area contributed by atoms with Gasteiger partial charge in [-0.25, -0.2) is 0 Å². The van der Waals surface area contributed by atoms with Crippen LogP contribution in [0.5, 0.6) is 5.75 Å². The molecule has 0 saturated carbocycles. The molecule has 0 amide bonds. The van der Waals surface area contributed by atoms with Gasteiger partial charge < -0.3 is 4.74 Å². The summed E-state index contributed by atoms with van der Waals surface area (Å²) in [5.41, 5.74) is 1.19. The van der Waals surface area contributed by atoms with Crippen LogP contribution in [0.25, 0.3) is 0 Å². The normalized spacial score (nSPS) is 9.50. The number of hydrogen-bond donors (Lipinski definition) is 0. The van der Waals surface area contributed by atoms with Gasteiger partial charge >= 0.3 is 0 Å². The highest BCUT2D eigenvalue weighted by Crippen LogP contribution is 2.25. The summed E-state index contributed by atoms with van der Waals surface area (Å²) in [4.78, 5) is 0. The van der Waals surface area contributed by atoms with Gasteiger partial charge in [0.1, 0.15) is 12.4 Å². The predicted molar refractivity (Wildman–Crippen MR) is 54.6 cm³/mol. The molecule has 0 bridgehead atoms. The molecule has 1 nitrogen and oxygen atoms in total. The number of hydrogen-bond acceptors (Lipinski definition) is 1. The van der Waals surface area contributed by atoms with Gasteiger partial charge in [0.2, 0.25) is 0 Å². The summed E-state index contributed by atoms with van der Waals surface area (Å²) < 4.78 is 6.38. The lowest BCUT2D eigenvalue weighted by Gasteiger charge is -2.05. The van der Waals surface area contributed by atoms with Crippen LogP contribution in [0.3, 0.4) is 0 Å². The summed E-state index contributed by atoms with van der Waals surface area (Å²) in [6.07, 6.45) is 1.73. The van der Waals surface area contributed by atoms with E-state index in [2.05, 4.69) is 22.5 Å². The van der Waals surface area contributed by atoms with E-state index in [0.717, 1.165) is 10.2 Å². The molecule has 0 heterocycles. The second-order valence-corrected chi connectivity index (χ2v) is 3.39. The Morgan fingerprint density at radius 1 is 1.58 bits per heavy atom. The Morgan fingerprint density at radius 3 is 3.00 bits per heavy atom. The van der Waals surface area contributed by atoms with E-state index in [9.17, 15) is 0 Å². The molecule has 2 heteroatoms. The molecule has 0 spiro atoms. The van der Waals surface area contributed by atoms with Crippen molar-refractivity contribution >= 4 is 15.9 Å². The Bertz CT molecular complexity index is 281. The number of rotatable bonds is 3. The van der Waals surface area contributed by atoms with Crippen LogP contribution in [0.4, 0.5) is 0 Å². The average Bonchev–Trinajstić information content (AvgIpc) is 2.07. The molecule has 0 aliphatic heterocycles. The van der Waals surface area contributed by atoms with Crippen molar-refractivity contribution in [3.8, 4) is 5.75 Å². The minimum Gasteiger partial charge on any atom is -0.488 e. The first-order chi connectivity index (χ1) is 5.74. The SMILES string of the molecule is C=CCOc1cc(C)ccc1Br. The highest BCUT2D eigenvalue weighted by Gasteiger charge is 1.98. The molecular weight excluding hydrogens is 216 g/mol. The molecular formula is C10H11BrO. The van der Waals surface area contributed by atoms with E-state index in [1.165, 1.54) is 5.56 Å². The molecule has 0 saturated heterocycles. The zero-order chi connectivity index (χ0) is 8.97. The number of benzene rings is 1. The monoisotopic (exact) mass is 226 g/mol. The Morgan fingerprint density at radius 2 is 2.33 bits per heavy atom. The van der Waals surface area contributed by atoms with Gasteiger partial charge in [0.25, 0.3) is 0 Å². The predicted octanol–water partition coefficient (Wildman–Crippen LogP) is 3.32. The lowest BCUT2D eigenvalue weighted by atomic mass is 10.2. The van der Waals surface area contributed by atoms with Gasteiger partial charge in [-0.1, -0.05) is 18.7 Å². The van der Waals surface area contributed by atoms with Gasteiger partial charge in [0.05, 0.1) is 4.47 Å². The molecule has 0 aliphatic carbocycles. The van der Waals surface area contributed by atoms with Gasteiger partial charge in [-0.3, -0.25) is 0 Å². The van der Waals surface area contributed by atoms with Crippen molar-refractivity contribution in [2.45, 2.75) is 6.92 Å². The standard InChI is InChI=1S/C10H11BrO/c1-3-6-12-10-7-8(2)4-5-9(10)11/h3-5,7H,1,6H2,2H3. The fourth-order valence-corrected chi connectivity index (χ4v) is 1.23. The molecule has 1 aromatic rings. The number of ether oxygens (including phenoxy) is 1. The van der Waals surface area contributed by atoms with Gasteiger partial charge in [-0.2, -0.15) is 0 Å². The lowest BCUT2D eigenvalue weighted by Crippen LogP contribution is -1.93. The van der Waals surface area contributed by atoms with Crippen LogP contribution >= 0.6 is 15.9 Å². The van der Waals surface area contributed by atoms with E-state index >= 15 is 0 Å². The summed E-state index contributed by atoms with van der Waals surface area (Å²) in [6, 6.07) is 6.01. The Labute approximate surface area is 81.2 Å². The van der Waals surface area contributed by atoms with Gasteiger partial charge in [-0.15, -0.1) is 0 Å². The van der Waals surface area contributed by atoms with Crippen molar-refractivity contribution in [3.63, 3.8) is 0 Å². The summed E-state index contributed by atoms with van der Waals surface area (Å²) in [5, 5.41) is 0. The molecule has 0 radical (unpaired) electrons. The van der Waals surface area contributed by atoms with Gasteiger partial charge in [-0.05, 0) is 40.5 Å². The summed E-state index contributed by atoms with van der Waals surface area (Å²) >= 11 is 3.40. The minimum absolute atomic E-state index is 0.544. The molecule has 0 aliphatic rings. The quantitative estimate of drug-likeness (QED) is 0.719. The van der Waals surface area contributed by atoms with Crippen molar-refractivity contribution in [1.82, 2.24) is 0 Å². The van der Waals surface area contributed by atoms with Crippen LogP contribution in [0.1, 0.15) is 5.56 Å². The van der Waals surface area contributed by atoms with Crippen LogP contribution in [0.15, 0.2) is 35.3 Å². The first-order valence-corrected chi connectivity index (χ1v) is 4.53. The highest BCUT2D eigenvalue weighted by molar-refractivity contribution is 9.10. The first-order valence-electron chi connectivity index (χ1n) is 3.74. The number of aryl methyl sites for hydroxylation is 1. The van der Waals surface area contributed by atoms with Crippen LogP contribution in [-0.2, 0) is 0 Å². The molecule has 0 fully saturated rings. The maximum atomic E-state index is 5.40. The molecule has 0 N–H and O–H groups in total. The fraction of sp³-hybridized carbons (Fsp3) is 0.200. The van der Waals surface area contributed by atoms with Crippen LogP contribution in [-0.4, -0.2) is 6.61 Å². The molecule has 0 aromatic heterocycles. The molecule has 64 valence electrons. The highest BCUT2D eigenvalue weighted by atomic mass is 79.9. The molecule has 0 unspecified atom stereocenters. The lowest BCUT2D eigenvalue weighted by molar-refractivity contribution is 0.360. The molecule has 0 atom stereocenters. The van der Waals surface area contributed by atoms with Gasteiger partial charge in [0.15, 0.2) is 0 Å². The average molecular weight is 227 g/mol. The maximum Gasteiger partial charge on any atom is 0.134 e. The van der Waals surface area contributed by atoms with Crippen LogP contribution in [0.2, 0.25) is 0 Å². The summed E-state index contributed by atoms with van der Waals surface area (Å²) in [5.74, 6) is 0.870. The van der Waals surface area contributed by atoms with E-state index in [-0.39, 0.29) is 0 Å². The minimum atomic E-state index is 0.544. The van der Waals surface area contributed by atoms with Crippen molar-refractivity contribution in [2.24, 2.45) is 0 Å². The largest absolute Gasteiger partial charge is 0.488 e. The van der Waals surface area contributed by atoms with E-state index < -0.39 is 0 Å². The maximum absolute atomic E-state index is 5.40. The van der Waals surface area contributed by atoms with E-state index in [0.29, 0.717) is 6.61 Å². The van der Waals surface area contributed by atoms with E-state index in [1.54, 1.807) is 6.08 Å². The van der Waals surface area contributed by atoms with Crippen molar-refractivity contribution in [2.75, 3.05) is 6.61 Å². The zero-order valence-corrected chi connectivity index (χ0v) is 8.60. The summed E-state index contributed by atoms with van der Waals surface area (Å²) in [7, 11) is 0. The third-order valence-electron chi connectivity index (χ3n) is 1.44. The van der Waals surface area contributed by atoms with Crippen LogP contribution in [0, 0.1) is 6.92 Å². The summed E-state index contributed by atoms with van der Waals surface area (Å²) in [6.45, 7) is 6.17. The van der Waals surface area contributed by atoms with E-state index in [4.69, 9.17) is 4.74 Å². The van der Waals surface area contributed by atoms with E-state index in [1.807, 2.05) is 25.1 Å². The first kappa shape index (κ1) is 9.33. The number of halogens is 1. The Hall–Kier alpha value is -0.760. The van der Waals surface area contributed by atoms with Crippen molar-refractivity contribution in [3.05, 3.63) is 40.9 Å². The Kier molecular flexibility index (Phi) is 3.35. The third-order valence-corrected chi connectivity index (χ3v) is 2.10. The van der Waals surface area contributed by atoms with Crippen molar-refractivity contribution < 1.29 is 4.74 Å². The van der Waals surface area contributed by atoms with Crippen molar-refractivity contribution in [1.29, 1.82) is 0 Å².